The molecule has 1 aromatic carbocycles. The number of esters is 1. The number of carbonyl (C=O) groups is 1. The fraction of sp³-hybridized carbons (Fsp3) is 0.348. The molecule has 0 fully saturated rings. The maximum absolute atomic E-state index is 13.3. The van der Waals surface area contributed by atoms with Gasteiger partial charge in [-0.3, -0.25) is 4.79 Å². The van der Waals surface area contributed by atoms with E-state index >= 15 is 0 Å². The minimum atomic E-state index is -1.84. The molecule has 0 radical (unpaired) electrons. The van der Waals surface area contributed by atoms with Crippen LogP contribution in [0.3, 0.4) is 0 Å². The third kappa shape index (κ3) is 2.32. The van der Waals surface area contributed by atoms with Crippen LogP contribution in [0.5, 0.6) is 5.75 Å². The number of hydrogen-bond acceptors (Lipinski definition) is 6. The van der Waals surface area contributed by atoms with Crippen molar-refractivity contribution in [2.45, 2.75) is 51.9 Å². The first-order valence-corrected chi connectivity index (χ1v) is 10.2. The molecule has 7 nitrogen and oxygen atoms in total. The summed E-state index contributed by atoms with van der Waals surface area (Å²) < 4.78 is 6.74. The number of cyclic esters (lactones) is 1. The Morgan fingerprint density at radius 2 is 2.03 bits per heavy atom. The molecule has 0 saturated heterocycles. The van der Waals surface area contributed by atoms with Crippen molar-refractivity contribution in [2.75, 3.05) is 0 Å². The Morgan fingerprint density at radius 1 is 1.23 bits per heavy atom. The van der Waals surface area contributed by atoms with Crippen LogP contribution in [0.4, 0.5) is 0 Å². The van der Waals surface area contributed by atoms with Gasteiger partial charge in [0.1, 0.15) is 12.4 Å². The third-order valence-corrected chi connectivity index (χ3v) is 6.31. The predicted octanol–water partition coefficient (Wildman–Crippen LogP) is 2.74. The molecule has 4 heterocycles. The lowest BCUT2D eigenvalue weighted by Gasteiger charge is -2.31. The number of nitrogens with zero attached hydrogens (tertiary/aromatic N) is 2. The van der Waals surface area contributed by atoms with E-state index in [4.69, 9.17) is 9.72 Å². The number of aryl methyl sites for hydroxylation is 1. The lowest BCUT2D eigenvalue weighted by molar-refractivity contribution is -0.172. The van der Waals surface area contributed by atoms with Gasteiger partial charge in [0.25, 0.3) is 5.56 Å². The van der Waals surface area contributed by atoms with Gasteiger partial charge < -0.3 is 19.5 Å². The SMILES string of the molecule is CCCc1c2c(nc3cccc(O)c13)-c1cc3c(c(=O)n1C2)COC(=O)[C@]3(O)CC. The average Bonchev–Trinajstić information content (AvgIpc) is 3.10. The third-order valence-electron chi connectivity index (χ3n) is 6.31. The summed E-state index contributed by atoms with van der Waals surface area (Å²) in [6, 6.07) is 6.94. The van der Waals surface area contributed by atoms with Crippen LogP contribution in [-0.4, -0.2) is 25.7 Å². The number of rotatable bonds is 3. The van der Waals surface area contributed by atoms with Gasteiger partial charge in [0.05, 0.1) is 29.0 Å². The number of phenolic OH excluding ortho intramolecular Hbond substituents is 1. The molecular weight excluding hydrogens is 384 g/mol. The molecule has 0 spiro atoms. The highest BCUT2D eigenvalue weighted by atomic mass is 16.6. The fourth-order valence-corrected chi connectivity index (χ4v) is 4.73. The monoisotopic (exact) mass is 406 g/mol. The number of phenols is 1. The molecule has 30 heavy (non-hydrogen) atoms. The summed E-state index contributed by atoms with van der Waals surface area (Å²) in [5.41, 5.74) is 2.27. The summed E-state index contributed by atoms with van der Waals surface area (Å²) in [4.78, 5) is 30.4. The number of aromatic hydroxyl groups is 1. The van der Waals surface area contributed by atoms with Gasteiger partial charge in [0.2, 0.25) is 0 Å². The molecule has 2 N–H and O–H groups in total. The maximum atomic E-state index is 13.3. The van der Waals surface area contributed by atoms with Gasteiger partial charge in [-0.05, 0) is 36.6 Å². The van der Waals surface area contributed by atoms with Gasteiger partial charge >= 0.3 is 5.97 Å². The molecule has 0 bridgehead atoms. The van der Waals surface area contributed by atoms with E-state index in [1.54, 1.807) is 29.7 Å². The minimum Gasteiger partial charge on any atom is -0.507 e. The molecule has 2 aliphatic heterocycles. The zero-order valence-electron chi connectivity index (χ0n) is 16.9. The van der Waals surface area contributed by atoms with Gasteiger partial charge in [-0.2, -0.15) is 0 Å². The highest BCUT2D eigenvalue weighted by molar-refractivity contribution is 5.93. The van der Waals surface area contributed by atoms with Crippen LogP contribution in [0.25, 0.3) is 22.3 Å². The van der Waals surface area contributed by atoms with Crippen molar-refractivity contribution in [1.82, 2.24) is 9.55 Å². The number of fused-ring (bicyclic) bond motifs is 5. The summed E-state index contributed by atoms with van der Waals surface area (Å²) in [6.07, 6.45) is 1.72. The zero-order chi connectivity index (χ0) is 21.2. The van der Waals surface area contributed by atoms with Gasteiger partial charge in [-0.1, -0.05) is 26.3 Å². The van der Waals surface area contributed by atoms with E-state index in [0.29, 0.717) is 40.0 Å². The largest absolute Gasteiger partial charge is 0.507 e. The van der Waals surface area contributed by atoms with E-state index in [1.807, 2.05) is 6.07 Å². The highest BCUT2D eigenvalue weighted by Crippen LogP contribution is 2.41. The van der Waals surface area contributed by atoms with E-state index in [0.717, 1.165) is 24.0 Å². The number of aliphatic hydroxyl groups is 1. The summed E-state index contributed by atoms with van der Waals surface area (Å²) in [5, 5.41) is 22.2. The van der Waals surface area contributed by atoms with Gasteiger partial charge in [0.15, 0.2) is 5.60 Å². The van der Waals surface area contributed by atoms with Gasteiger partial charge in [-0.15, -0.1) is 0 Å². The summed E-state index contributed by atoms with van der Waals surface area (Å²) in [7, 11) is 0. The lowest BCUT2D eigenvalue weighted by Crippen LogP contribution is -2.44. The van der Waals surface area contributed by atoms with E-state index in [2.05, 4.69) is 6.92 Å². The summed E-state index contributed by atoms with van der Waals surface area (Å²) >= 11 is 0. The number of hydrogen-bond donors (Lipinski definition) is 2. The van der Waals surface area contributed by atoms with Gasteiger partial charge in [-0.25, -0.2) is 9.78 Å². The Kier molecular flexibility index (Phi) is 4.02. The number of benzene rings is 1. The van der Waals surface area contributed by atoms with E-state index in [9.17, 15) is 19.8 Å². The van der Waals surface area contributed by atoms with Crippen LogP contribution in [0, 0.1) is 0 Å². The van der Waals surface area contributed by atoms with E-state index < -0.39 is 11.6 Å². The van der Waals surface area contributed by atoms with Crippen LogP contribution in [0.2, 0.25) is 0 Å². The molecule has 0 amide bonds. The Labute approximate surface area is 172 Å². The molecule has 0 saturated carbocycles. The highest BCUT2D eigenvalue weighted by Gasteiger charge is 2.45. The average molecular weight is 406 g/mol. The van der Waals surface area contributed by atoms with Crippen molar-refractivity contribution < 1.29 is 19.7 Å². The normalized spacial score (nSPS) is 19.4. The molecule has 0 aliphatic carbocycles. The first-order chi connectivity index (χ1) is 14.4. The van der Waals surface area contributed by atoms with Crippen LogP contribution in [-0.2, 0) is 34.7 Å². The zero-order valence-corrected chi connectivity index (χ0v) is 16.9. The second kappa shape index (κ2) is 6.40. The minimum absolute atomic E-state index is 0.106. The number of aromatic nitrogens is 2. The topological polar surface area (TPSA) is 102 Å². The first kappa shape index (κ1) is 18.8. The van der Waals surface area contributed by atoms with Crippen LogP contribution >= 0.6 is 0 Å². The Hall–Kier alpha value is -3.19. The summed E-state index contributed by atoms with van der Waals surface area (Å²) in [6.45, 7) is 3.94. The van der Waals surface area contributed by atoms with Crippen molar-refractivity contribution in [2.24, 2.45) is 0 Å². The molecule has 7 heteroatoms. The number of ether oxygens (including phenoxy) is 1. The number of pyridine rings is 2. The number of carbonyl (C=O) groups excluding carboxylic acids is 1. The second-order valence-electron chi connectivity index (χ2n) is 7.94. The van der Waals surface area contributed by atoms with E-state index in [1.165, 1.54) is 0 Å². The maximum Gasteiger partial charge on any atom is 0.343 e. The fourth-order valence-electron chi connectivity index (χ4n) is 4.73. The molecule has 1 atom stereocenters. The van der Waals surface area contributed by atoms with Crippen molar-refractivity contribution in [3.8, 4) is 17.1 Å². The molecule has 0 unspecified atom stereocenters. The van der Waals surface area contributed by atoms with Crippen LogP contribution in [0.1, 0.15) is 48.9 Å². The van der Waals surface area contributed by atoms with E-state index in [-0.39, 0.29) is 24.3 Å². The standard InChI is InChI=1S/C23H22N2O5/c1-3-6-12-13-10-25-17(20(13)24-16-7-5-8-18(26)19(12)16)9-15-14(21(25)27)11-30-22(28)23(15,29)4-2/h5,7-9,26,29H,3-4,6,10-11H2,1-2H3/t23-/m0/s1. The van der Waals surface area contributed by atoms with Crippen molar-refractivity contribution in [1.29, 1.82) is 0 Å². The molecule has 2 aromatic heterocycles. The van der Waals surface area contributed by atoms with Crippen molar-refractivity contribution >= 4 is 16.9 Å². The quantitative estimate of drug-likeness (QED) is 0.507. The molecule has 2 aliphatic rings. The first-order valence-electron chi connectivity index (χ1n) is 10.2. The van der Waals surface area contributed by atoms with Crippen LogP contribution < -0.4 is 5.56 Å². The van der Waals surface area contributed by atoms with Crippen molar-refractivity contribution in [3.05, 3.63) is 56.9 Å². The second-order valence-corrected chi connectivity index (χ2v) is 7.94. The molecule has 154 valence electrons. The Bertz CT molecular complexity index is 1290. The smallest absolute Gasteiger partial charge is 0.343 e. The molecular formula is C23H22N2O5. The summed E-state index contributed by atoms with van der Waals surface area (Å²) in [5.74, 6) is -0.559. The predicted molar refractivity (Wildman–Crippen MR) is 110 cm³/mol. The van der Waals surface area contributed by atoms with Gasteiger partial charge in [0, 0.05) is 16.5 Å². The molecule has 5 rings (SSSR count). The lowest BCUT2D eigenvalue weighted by atomic mass is 9.86. The Morgan fingerprint density at radius 3 is 2.77 bits per heavy atom. The Balaban J connectivity index is 1.84. The molecule has 3 aromatic rings. The van der Waals surface area contributed by atoms with Crippen LogP contribution in [0.15, 0.2) is 29.1 Å². The van der Waals surface area contributed by atoms with Crippen molar-refractivity contribution in [3.63, 3.8) is 0 Å².